The van der Waals surface area contributed by atoms with Gasteiger partial charge in [-0.25, -0.2) is 0 Å². The number of rotatable bonds is 1. The van der Waals surface area contributed by atoms with Gasteiger partial charge < -0.3 is 0 Å². The van der Waals surface area contributed by atoms with Gasteiger partial charge in [0.15, 0.2) is 0 Å². The Kier molecular flexibility index (Phi) is 4.43. The van der Waals surface area contributed by atoms with Gasteiger partial charge in [0, 0.05) is 5.56 Å². The number of hydrogen-bond acceptors (Lipinski definition) is 1. The third-order valence-corrected chi connectivity index (χ3v) is 3.60. The lowest BCUT2D eigenvalue weighted by molar-refractivity contribution is -0.121. The van der Waals surface area contributed by atoms with E-state index in [9.17, 15) is 4.79 Å². The number of Topliss-reactive ketones (excluding diaryl/α,β-unsaturated/α-hetero) is 1. The zero-order chi connectivity index (χ0) is 13.6. The van der Waals surface area contributed by atoms with Crippen LogP contribution in [0.15, 0.2) is 30.3 Å². The van der Waals surface area contributed by atoms with E-state index >= 15 is 0 Å². The zero-order valence-corrected chi connectivity index (χ0v) is 11.3. The van der Waals surface area contributed by atoms with E-state index in [0.29, 0.717) is 0 Å². The normalized spacial score (nSPS) is 16.5. The van der Waals surface area contributed by atoms with Gasteiger partial charge in [0.1, 0.15) is 5.41 Å². The molecular weight excluding hydrogens is 232 g/mol. The molecule has 0 unspecified atom stereocenters. The highest BCUT2D eigenvalue weighted by Crippen LogP contribution is 2.36. The number of carbonyl (C=O) groups excluding carboxylic acids is 1. The van der Waals surface area contributed by atoms with Crippen LogP contribution < -0.4 is 0 Å². The van der Waals surface area contributed by atoms with Crippen LogP contribution in [0.3, 0.4) is 0 Å². The van der Waals surface area contributed by atoms with E-state index in [-0.39, 0.29) is 5.78 Å². The Balaban J connectivity index is 2.30. The fourth-order valence-electron chi connectivity index (χ4n) is 2.51. The van der Waals surface area contributed by atoms with Crippen molar-refractivity contribution in [3.8, 4) is 23.7 Å². The monoisotopic (exact) mass is 250 g/mol. The molecule has 0 heterocycles. The van der Waals surface area contributed by atoms with Gasteiger partial charge in [0.2, 0.25) is 5.78 Å². The van der Waals surface area contributed by atoms with Crippen molar-refractivity contribution in [3.05, 3.63) is 35.9 Å². The van der Waals surface area contributed by atoms with Gasteiger partial charge in [-0.1, -0.05) is 55.2 Å². The summed E-state index contributed by atoms with van der Waals surface area (Å²) >= 11 is 0. The molecule has 0 amide bonds. The van der Waals surface area contributed by atoms with E-state index in [1.807, 2.05) is 30.3 Å². The summed E-state index contributed by atoms with van der Waals surface area (Å²) in [6.07, 6.45) is 5.03. The van der Waals surface area contributed by atoms with Crippen molar-refractivity contribution >= 4 is 5.78 Å². The summed E-state index contributed by atoms with van der Waals surface area (Å²) in [6, 6.07) is 9.84. The second-order valence-corrected chi connectivity index (χ2v) is 4.96. The minimum absolute atomic E-state index is 0.00173. The van der Waals surface area contributed by atoms with E-state index in [4.69, 9.17) is 0 Å². The Morgan fingerprint density at radius 3 is 2.42 bits per heavy atom. The Hall–Kier alpha value is -1.99. The topological polar surface area (TPSA) is 17.1 Å². The average molecular weight is 250 g/mol. The second-order valence-electron chi connectivity index (χ2n) is 4.96. The highest BCUT2D eigenvalue weighted by Gasteiger charge is 2.36. The zero-order valence-electron chi connectivity index (χ0n) is 11.3. The average Bonchev–Trinajstić information content (AvgIpc) is 2.47. The predicted molar refractivity (Wildman–Crippen MR) is 77.3 cm³/mol. The van der Waals surface area contributed by atoms with Crippen LogP contribution in [0.1, 0.15) is 44.6 Å². The lowest BCUT2D eigenvalue weighted by Gasteiger charge is -2.28. The molecule has 0 atom stereocenters. The molecule has 1 aromatic rings. The maximum absolute atomic E-state index is 12.3. The molecule has 1 nitrogen and oxygen atoms in total. The van der Waals surface area contributed by atoms with Crippen molar-refractivity contribution in [1.82, 2.24) is 0 Å². The van der Waals surface area contributed by atoms with Crippen LogP contribution in [0.25, 0.3) is 0 Å². The van der Waals surface area contributed by atoms with Gasteiger partial charge in [-0.2, -0.15) is 0 Å². The summed E-state index contributed by atoms with van der Waals surface area (Å²) in [7, 11) is 0. The van der Waals surface area contributed by atoms with E-state index in [1.165, 1.54) is 6.42 Å². The van der Waals surface area contributed by atoms with Gasteiger partial charge in [0.05, 0.1) is 0 Å². The maximum atomic E-state index is 12.3. The smallest absolute Gasteiger partial charge is 0.223 e. The summed E-state index contributed by atoms with van der Waals surface area (Å²) in [6.45, 7) is 1.71. The van der Waals surface area contributed by atoms with Gasteiger partial charge in [-0.3, -0.25) is 4.79 Å². The molecule has 2 rings (SSSR count). The first-order chi connectivity index (χ1) is 9.27. The quantitative estimate of drug-likeness (QED) is 0.550. The van der Waals surface area contributed by atoms with Crippen LogP contribution in [-0.4, -0.2) is 5.78 Å². The van der Waals surface area contributed by atoms with Crippen molar-refractivity contribution in [2.45, 2.75) is 39.0 Å². The first-order valence-corrected chi connectivity index (χ1v) is 6.82. The summed E-state index contributed by atoms with van der Waals surface area (Å²) in [5, 5.41) is 0. The highest BCUT2D eigenvalue weighted by atomic mass is 16.1. The van der Waals surface area contributed by atoms with E-state index in [2.05, 4.69) is 23.7 Å². The van der Waals surface area contributed by atoms with E-state index in [0.717, 1.165) is 31.2 Å². The molecule has 19 heavy (non-hydrogen) atoms. The fraction of sp³-hybridized carbons (Fsp3) is 0.389. The summed E-state index contributed by atoms with van der Waals surface area (Å²) < 4.78 is 0. The Morgan fingerprint density at radius 1 is 1.11 bits per heavy atom. The number of carbonyl (C=O) groups is 1. The van der Waals surface area contributed by atoms with Crippen LogP contribution in [0.2, 0.25) is 0 Å². The van der Waals surface area contributed by atoms with Crippen molar-refractivity contribution in [3.63, 3.8) is 0 Å². The van der Waals surface area contributed by atoms with Crippen molar-refractivity contribution in [1.29, 1.82) is 0 Å². The van der Waals surface area contributed by atoms with Gasteiger partial charge >= 0.3 is 0 Å². The summed E-state index contributed by atoms with van der Waals surface area (Å²) in [5.41, 5.74) is 0.432. The highest BCUT2D eigenvalue weighted by molar-refractivity contribution is 6.02. The van der Waals surface area contributed by atoms with Crippen molar-refractivity contribution < 1.29 is 4.79 Å². The van der Waals surface area contributed by atoms with Crippen LogP contribution in [-0.2, 0) is 4.79 Å². The minimum atomic E-state index is -0.531. The van der Waals surface area contributed by atoms with Crippen molar-refractivity contribution in [2.24, 2.45) is 5.41 Å². The molecule has 0 aromatic heterocycles. The molecule has 1 aromatic carbocycles. The Bertz CT molecular complexity index is 554. The van der Waals surface area contributed by atoms with E-state index in [1.54, 1.807) is 6.92 Å². The van der Waals surface area contributed by atoms with Crippen LogP contribution >= 0.6 is 0 Å². The molecule has 96 valence electrons. The van der Waals surface area contributed by atoms with Crippen LogP contribution in [0, 0.1) is 29.1 Å². The molecule has 1 aliphatic carbocycles. The molecule has 1 fully saturated rings. The number of benzene rings is 1. The fourth-order valence-corrected chi connectivity index (χ4v) is 2.51. The SMILES string of the molecule is CC#CC(=O)C1(C#Cc2ccccc2)CCCCC1. The van der Waals surface area contributed by atoms with Crippen molar-refractivity contribution in [2.75, 3.05) is 0 Å². The molecule has 0 radical (unpaired) electrons. The summed E-state index contributed by atoms with van der Waals surface area (Å²) in [5.74, 6) is 11.8. The number of ketones is 1. The van der Waals surface area contributed by atoms with Gasteiger partial charge in [-0.15, -0.1) is 0 Å². The van der Waals surface area contributed by atoms with E-state index < -0.39 is 5.41 Å². The largest absolute Gasteiger partial charge is 0.283 e. The maximum Gasteiger partial charge on any atom is 0.223 e. The standard InChI is InChI=1S/C18H18O/c1-2-9-17(19)18(13-7-4-8-14-18)15-12-16-10-5-3-6-11-16/h3,5-6,10-11H,4,7-8,13-14H2,1H3. The third-order valence-electron chi connectivity index (χ3n) is 3.60. The molecule has 1 aliphatic rings. The van der Waals surface area contributed by atoms with Gasteiger partial charge in [0.25, 0.3) is 0 Å². The Morgan fingerprint density at radius 2 is 1.79 bits per heavy atom. The molecular formula is C18H18O. The Labute approximate surface area is 115 Å². The molecule has 0 N–H and O–H groups in total. The molecule has 0 saturated heterocycles. The molecule has 1 saturated carbocycles. The molecule has 0 aliphatic heterocycles. The molecule has 1 heteroatoms. The molecule has 0 spiro atoms. The second kappa shape index (κ2) is 6.26. The lowest BCUT2D eigenvalue weighted by Crippen LogP contribution is -2.31. The van der Waals surface area contributed by atoms with Crippen LogP contribution in [0.4, 0.5) is 0 Å². The third kappa shape index (κ3) is 3.27. The summed E-state index contributed by atoms with van der Waals surface area (Å²) in [4.78, 5) is 12.3. The predicted octanol–water partition coefficient (Wildman–Crippen LogP) is 3.58. The van der Waals surface area contributed by atoms with Crippen LogP contribution in [0.5, 0.6) is 0 Å². The lowest BCUT2D eigenvalue weighted by atomic mass is 9.71. The first kappa shape index (κ1) is 13.4. The number of hydrogen-bond donors (Lipinski definition) is 0. The minimum Gasteiger partial charge on any atom is -0.283 e. The first-order valence-electron chi connectivity index (χ1n) is 6.82. The van der Waals surface area contributed by atoms with Gasteiger partial charge in [-0.05, 0) is 37.8 Å². The molecule has 0 bridgehead atoms.